The molecule has 0 aliphatic carbocycles. The quantitative estimate of drug-likeness (QED) is 0.859. The molecular formula is C11H14N2O3S2. The summed E-state index contributed by atoms with van der Waals surface area (Å²) in [5.41, 5.74) is 0.0928. The summed E-state index contributed by atoms with van der Waals surface area (Å²) >= 11 is 0. The van der Waals surface area contributed by atoms with E-state index in [2.05, 4.69) is 4.72 Å². The van der Waals surface area contributed by atoms with E-state index in [0.29, 0.717) is 0 Å². The van der Waals surface area contributed by atoms with Crippen molar-refractivity contribution in [1.29, 1.82) is 5.26 Å². The van der Waals surface area contributed by atoms with Crippen molar-refractivity contribution in [1.82, 2.24) is 4.72 Å². The summed E-state index contributed by atoms with van der Waals surface area (Å²) in [7, 11) is -4.84. The van der Waals surface area contributed by atoms with Crippen molar-refractivity contribution in [3.8, 4) is 6.07 Å². The number of nitrogens with zero attached hydrogens (tertiary/aromatic N) is 1. The van der Waals surface area contributed by atoms with Crippen LogP contribution in [0.15, 0.2) is 29.2 Å². The molecule has 0 fully saturated rings. The Bertz CT molecular complexity index is 591. The average molecular weight is 286 g/mol. The van der Waals surface area contributed by atoms with Crippen LogP contribution in [0.4, 0.5) is 0 Å². The molecule has 2 atom stereocenters. The first-order chi connectivity index (χ1) is 8.38. The number of hydrogen-bond donors (Lipinski definition) is 1. The Morgan fingerprint density at radius 3 is 2.61 bits per heavy atom. The van der Waals surface area contributed by atoms with E-state index in [-0.39, 0.29) is 22.3 Å². The SMILES string of the molecule is CC(CNS(=O)(=O)c1ccccc1C#N)S(C)=O. The van der Waals surface area contributed by atoms with Gasteiger partial charge in [0, 0.05) is 28.9 Å². The van der Waals surface area contributed by atoms with Crippen LogP contribution in [-0.4, -0.2) is 30.7 Å². The fourth-order valence-electron chi connectivity index (χ4n) is 1.22. The number of hydrogen-bond acceptors (Lipinski definition) is 4. The third-order valence-corrected chi connectivity index (χ3v) is 5.21. The van der Waals surface area contributed by atoms with Crippen LogP contribution in [0, 0.1) is 11.3 Å². The third kappa shape index (κ3) is 3.63. The monoisotopic (exact) mass is 286 g/mol. The second-order valence-electron chi connectivity index (χ2n) is 3.77. The van der Waals surface area contributed by atoms with Crippen LogP contribution in [-0.2, 0) is 20.8 Å². The van der Waals surface area contributed by atoms with Crippen molar-refractivity contribution in [2.24, 2.45) is 0 Å². The van der Waals surface area contributed by atoms with E-state index in [4.69, 9.17) is 5.26 Å². The maximum Gasteiger partial charge on any atom is 0.241 e. The van der Waals surface area contributed by atoms with Crippen LogP contribution in [0.25, 0.3) is 0 Å². The summed E-state index contributed by atoms with van der Waals surface area (Å²) in [5, 5.41) is 8.57. The summed E-state index contributed by atoms with van der Waals surface area (Å²) in [6.45, 7) is 1.76. The van der Waals surface area contributed by atoms with Gasteiger partial charge in [-0.1, -0.05) is 12.1 Å². The highest BCUT2D eigenvalue weighted by molar-refractivity contribution is 7.89. The first-order valence-electron chi connectivity index (χ1n) is 5.19. The van der Waals surface area contributed by atoms with Crippen molar-refractivity contribution < 1.29 is 12.6 Å². The van der Waals surface area contributed by atoms with E-state index in [1.807, 2.05) is 6.07 Å². The number of nitriles is 1. The van der Waals surface area contributed by atoms with Gasteiger partial charge < -0.3 is 0 Å². The van der Waals surface area contributed by atoms with Gasteiger partial charge in [0.05, 0.1) is 10.5 Å². The Kier molecular flexibility index (Phi) is 5.02. The molecule has 0 heterocycles. The van der Waals surface area contributed by atoms with Crippen LogP contribution in [0.2, 0.25) is 0 Å². The molecule has 7 heteroatoms. The Morgan fingerprint density at radius 2 is 2.06 bits per heavy atom. The normalized spacial score (nSPS) is 14.7. The predicted molar refractivity (Wildman–Crippen MR) is 69.9 cm³/mol. The highest BCUT2D eigenvalue weighted by Gasteiger charge is 2.19. The van der Waals surface area contributed by atoms with Crippen LogP contribution in [0.3, 0.4) is 0 Å². The fourth-order valence-corrected chi connectivity index (χ4v) is 2.92. The molecule has 98 valence electrons. The van der Waals surface area contributed by atoms with Gasteiger partial charge in [0.25, 0.3) is 0 Å². The summed E-state index contributed by atoms with van der Waals surface area (Å²) in [6, 6.07) is 7.79. The second kappa shape index (κ2) is 6.09. The van der Waals surface area contributed by atoms with E-state index in [9.17, 15) is 12.6 Å². The molecule has 1 N–H and O–H groups in total. The zero-order chi connectivity index (χ0) is 13.8. The smallest absolute Gasteiger partial charge is 0.241 e. The molecule has 1 aromatic rings. The summed E-state index contributed by atoms with van der Waals surface area (Å²) in [6.07, 6.45) is 1.52. The molecule has 0 saturated heterocycles. The van der Waals surface area contributed by atoms with Gasteiger partial charge in [0.1, 0.15) is 6.07 Å². The molecule has 0 saturated carbocycles. The number of nitrogens with one attached hydrogen (secondary N) is 1. The van der Waals surface area contributed by atoms with Crippen LogP contribution < -0.4 is 4.72 Å². The summed E-state index contributed by atoms with van der Waals surface area (Å²) in [4.78, 5) is -0.0541. The van der Waals surface area contributed by atoms with Crippen molar-refractivity contribution in [2.75, 3.05) is 12.8 Å². The molecule has 0 spiro atoms. The minimum Gasteiger partial charge on any atom is -0.260 e. The molecule has 0 amide bonds. The van der Waals surface area contributed by atoms with Gasteiger partial charge in [0.2, 0.25) is 10.0 Å². The maximum atomic E-state index is 12.0. The molecule has 5 nitrogen and oxygen atoms in total. The maximum absolute atomic E-state index is 12.0. The van der Waals surface area contributed by atoms with Crippen molar-refractivity contribution >= 4 is 20.8 Å². The van der Waals surface area contributed by atoms with Crippen molar-refractivity contribution in [3.63, 3.8) is 0 Å². The largest absolute Gasteiger partial charge is 0.260 e. The minimum atomic E-state index is -3.74. The van der Waals surface area contributed by atoms with Gasteiger partial charge in [0.15, 0.2) is 0 Å². The van der Waals surface area contributed by atoms with Crippen molar-refractivity contribution in [3.05, 3.63) is 29.8 Å². The zero-order valence-corrected chi connectivity index (χ0v) is 11.7. The van der Waals surface area contributed by atoms with Crippen LogP contribution in [0.5, 0.6) is 0 Å². The molecule has 0 aliphatic heterocycles. The molecule has 0 aliphatic rings. The van der Waals surface area contributed by atoms with Gasteiger partial charge in [-0.2, -0.15) is 5.26 Å². The van der Waals surface area contributed by atoms with E-state index >= 15 is 0 Å². The van der Waals surface area contributed by atoms with Gasteiger partial charge in [-0.05, 0) is 19.1 Å². The minimum absolute atomic E-state index is 0.0541. The molecule has 1 aromatic carbocycles. The highest BCUT2D eigenvalue weighted by atomic mass is 32.2. The average Bonchev–Trinajstić information content (AvgIpc) is 2.35. The lowest BCUT2D eigenvalue weighted by Crippen LogP contribution is -2.33. The lowest BCUT2D eigenvalue weighted by atomic mass is 10.2. The lowest BCUT2D eigenvalue weighted by molar-refractivity contribution is 0.580. The predicted octanol–water partition coefficient (Wildman–Crippen LogP) is 0.604. The Balaban J connectivity index is 2.94. The Morgan fingerprint density at radius 1 is 1.44 bits per heavy atom. The first-order valence-corrected chi connectivity index (χ1v) is 8.30. The topological polar surface area (TPSA) is 87.0 Å². The Hall–Kier alpha value is -1.23. The summed E-state index contributed by atoms with van der Waals surface area (Å²) in [5.74, 6) is 0. The van der Waals surface area contributed by atoms with Gasteiger partial charge in [-0.3, -0.25) is 4.21 Å². The van der Waals surface area contributed by atoms with Crippen LogP contribution >= 0.6 is 0 Å². The molecule has 18 heavy (non-hydrogen) atoms. The molecule has 0 bridgehead atoms. The van der Waals surface area contributed by atoms with E-state index in [1.165, 1.54) is 18.4 Å². The standard InChI is InChI=1S/C11H14N2O3S2/c1-9(17(2)14)8-13-18(15,16)11-6-4-3-5-10(11)7-12/h3-6,9,13H,8H2,1-2H3. The van der Waals surface area contributed by atoms with Gasteiger partial charge in [-0.25, -0.2) is 13.1 Å². The summed E-state index contributed by atoms with van der Waals surface area (Å²) < 4.78 is 37.5. The molecule has 1 rings (SSSR count). The van der Waals surface area contributed by atoms with E-state index < -0.39 is 20.8 Å². The number of sulfonamides is 1. The third-order valence-electron chi connectivity index (χ3n) is 2.42. The Labute approximate surface area is 109 Å². The molecular weight excluding hydrogens is 272 g/mol. The number of rotatable bonds is 5. The zero-order valence-electron chi connectivity index (χ0n) is 10.1. The lowest BCUT2D eigenvalue weighted by Gasteiger charge is -2.11. The van der Waals surface area contributed by atoms with Gasteiger partial charge in [-0.15, -0.1) is 0 Å². The van der Waals surface area contributed by atoms with Crippen LogP contribution in [0.1, 0.15) is 12.5 Å². The molecule has 0 aromatic heterocycles. The first kappa shape index (κ1) is 14.8. The van der Waals surface area contributed by atoms with Crippen molar-refractivity contribution in [2.45, 2.75) is 17.1 Å². The van der Waals surface area contributed by atoms with E-state index in [0.717, 1.165) is 0 Å². The van der Waals surface area contributed by atoms with Gasteiger partial charge >= 0.3 is 0 Å². The molecule has 2 unspecified atom stereocenters. The second-order valence-corrected chi connectivity index (χ2v) is 7.31. The fraction of sp³-hybridized carbons (Fsp3) is 0.364. The molecule has 0 radical (unpaired) electrons. The van der Waals surface area contributed by atoms with E-state index in [1.54, 1.807) is 19.1 Å². The number of benzene rings is 1. The highest BCUT2D eigenvalue weighted by Crippen LogP contribution is 2.14.